The van der Waals surface area contributed by atoms with Crippen LogP contribution in [-0.2, 0) is 4.74 Å². The van der Waals surface area contributed by atoms with Gasteiger partial charge in [0.15, 0.2) is 0 Å². The van der Waals surface area contributed by atoms with E-state index >= 15 is 0 Å². The summed E-state index contributed by atoms with van der Waals surface area (Å²) in [7, 11) is 0. The molecule has 0 bridgehead atoms. The molecule has 1 fully saturated rings. The minimum atomic E-state index is 0.432. The summed E-state index contributed by atoms with van der Waals surface area (Å²) in [6.45, 7) is 3.26. The number of rotatable bonds is 16. The first kappa shape index (κ1) is 20.7. The van der Waals surface area contributed by atoms with Crippen molar-refractivity contribution in [1.29, 1.82) is 0 Å². The molecule has 0 aromatic heterocycles. The second-order valence-electron chi connectivity index (χ2n) is 7.36. The highest BCUT2D eigenvalue weighted by molar-refractivity contribution is 4.91. The van der Waals surface area contributed by atoms with E-state index in [0.29, 0.717) is 6.10 Å². The van der Waals surface area contributed by atoms with E-state index in [1.54, 1.807) is 0 Å². The molecular formula is C22H42O. The number of hydrogen-bond donors (Lipinski definition) is 0. The number of hydrogen-bond acceptors (Lipinski definition) is 1. The van der Waals surface area contributed by atoms with Crippen LogP contribution >= 0.6 is 0 Å². The molecule has 0 radical (unpaired) electrons. The summed E-state index contributed by atoms with van der Waals surface area (Å²) >= 11 is 0. The van der Waals surface area contributed by atoms with E-state index in [4.69, 9.17) is 4.74 Å². The maximum Gasteiger partial charge on any atom is 0.0756 e. The number of allylic oxidation sites excluding steroid dienone is 1. The Morgan fingerprint density at radius 3 is 1.74 bits per heavy atom. The monoisotopic (exact) mass is 322 g/mol. The molecule has 1 atom stereocenters. The molecule has 1 aliphatic rings. The molecule has 1 heterocycles. The van der Waals surface area contributed by atoms with E-state index in [-0.39, 0.29) is 0 Å². The second kappa shape index (κ2) is 16.6. The second-order valence-corrected chi connectivity index (χ2v) is 7.36. The lowest BCUT2D eigenvalue weighted by Gasteiger charge is -2.03. The predicted octanol–water partition coefficient (Wildman–Crippen LogP) is 7.59. The molecular weight excluding hydrogens is 280 g/mol. The van der Waals surface area contributed by atoms with Crippen molar-refractivity contribution in [3.8, 4) is 0 Å². The highest BCUT2D eigenvalue weighted by Crippen LogP contribution is 2.15. The molecule has 0 amide bonds. The van der Waals surface area contributed by atoms with Gasteiger partial charge in [0.25, 0.3) is 0 Å². The molecule has 0 aromatic carbocycles. The van der Waals surface area contributed by atoms with Gasteiger partial charge in [-0.05, 0) is 25.7 Å². The van der Waals surface area contributed by atoms with Gasteiger partial charge >= 0.3 is 0 Å². The highest BCUT2D eigenvalue weighted by Gasteiger charge is 2.10. The maximum absolute atomic E-state index is 5.59. The van der Waals surface area contributed by atoms with E-state index < -0.39 is 0 Å². The quantitative estimate of drug-likeness (QED) is 0.210. The van der Waals surface area contributed by atoms with E-state index in [2.05, 4.69) is 19.1 Å². The summed E-state index contributed by atoms with van der Waals surface area (Å²) in [5.41, 5.74) is 0. The van der Waals surface area contributed by atoms with Gasteiger partial charge in [-0.3, -0.25) is 0 Å². The molecule has 1 saturated heterocycles. The van der Waals surface area contributed by atoms with Gasteiger partial charge in [0, 0.05) is 6.61 Å². The first-order valence-electron chi connectivity index (χ1n) is 10.7. The lowest BCUT2D eigenvalue weighted by molar-refractivity contribution is 0.145. The van der Waals surface area contributed by atoms with Crippen LogP contribution in [0.3, 0.4) is 0 Å². The fourth-order valence-electron chi connectivity index (χ4n) is 3.46. The fraction of sp³-hybridized carbons (Fsp3) is 0.909. The summed E-state index contributed by atoms with van der Waals surface area (Å²) in [4.78, 5) is 0. The van der Waals surface area contributed by atoms with Crippen molar-refractivity contribution >= 4 is 0 Å². The van der Waals surface area contributed by atoms with Crippen LogP contribution in [0.25, 0.3) is 0 Å². The Morgan fingerprint density at radius 2 is 1.26 bits per heavy atom. The molecule has 0 N–H and O–H groups in total. The van der Waals surface area contributed by atoms with Gasteiger partial charge in [0.05, 0.1) is 6.10 Å². The molecule has 1 aliphatic heterocycles. The van der Waals surface area contributed by atoms with Crippen molar-refractivity contribution in [2.45, 2.75) is 122 Å². The predicted molar refractivity (Wildman–Crippen MR) is 103 cm³/mol. The largest absolute Gasteiger partial charge is 0.374 e. The molecule has 1 heteroatoms. The fourth-order valence-corrected chi connectivity index (χ4v) is 3.46. The van der Waals surface area contributed by atoms with Crippen molar-refractivity contribution in [2.75, 3.05) is 6.61 Å². The zero-order valence-electron chi connectivity index (χ0n) is 15.9. The number of ether oxygens (including phenoxy) is 1. The smallest absolute Gasteiger partial charge is 0.0756 e. The van der Waals surface area contributed by atoms with Gasteiger partial charge in [-0.25, -0.2) is 0 Å². The average Bonchev–Trinajstić information content (AvgIpc) is 3.08. The maximum atomic E-state index is 5.59. The molecule has 0 saturated carbocycles. The first-order valence-corrected chi connectivity index (χ1v) is 10.7. The third-order valence-corrected chi connectivity index (χ3v) is 5.04. The molecule has 136 valence electrons. The van der Waals surface area contributed by atoms with E-state index in [1.165, 1.54) is 109 Å². The van der Waals surface area contributed by atoms with Gasteiger partial charge < -0.3 is 4.74 Å². The van der Waals surface area contributed by atoms with Crippen molar-refractivity contribution in [2.24, 2.45) is 0 Å². The van der Waals surface area contributed by atoms with Crippen LogP contribution < -0.4 is 0 Å². The van der Waals surface area contributed by atoms with Crippen molar-refractivity contribution < 1.29 is 4.74 Å². The Balaban J connectivity index is 1.68. The topological polar surface area (TPSA) is 9.23 Å². The Bertz CT molecular complexity index is 253. The van der Waals surface area contributed by atoms with Crippen LogP contribution in [0, 0.1) is 0 Å². The molecule has 0 aliphatic carbocycles. The van der Waals surface area contributed by atoms with E-state index in [9.17, 15) is 0 Å². The standard InChI is InChI=1S/C22H42O/c1-2-3-4-5-6-7-8-9-10-11-12-13-14-15-16-17-19-22-20-18-21-23-22/h17,19,22H,2-16,18,20-21H2,1H3/b19-17+. The lowest BCUT2D eigenvalue weighted by atomic mass is 10.0. The molecule has 23 heavy (non-hydrogen) atoms. The molecule has 0 aromatic rings. The SMILES string of the molecule is CCCCCCCCCCCCCCCC/C=C/C1CCCO1. The van der Waals surface area contributed by atoms with Crippen molar-refractivity contribution in [3.05, 3.63) is 12.2 Å². The third-order valence-electron chi connectivity index (χ3n) is 5.04. The van der Waals surface area contributed by atoms with Crippen LogP contribution in [0.15, 0.2) is 12.2 Å². The van der Waals surface area contributed by atoms with Gasteiger partial charge in [-0.15, -0.1) is 0 Å². The third kappa shape index (κ3) is 13.8. The normalized spacial score (nSPS) is 18.2. The average molecular weight is 323 g/mol. The van der Waals surface area contributed by atoms with Crippen LogP contribution in [0.2, 0.25) is 0 Å². The van der Waals surface area contributed by atoms with Crippen LogP contribution in [0.5, 0.6) is 0 Å². The van der Waals surface area contributed by atoms with Gasteiger partial charge in [0.2, 0.25) is 0 Å². The zero-order valence-corrected chi connectivity index (χ0v) is 15.9. The van der Waals surface area contributed by atoms with Crippen molar-refractivity contribution in [3.63, 3.8) is 0 Å². The Kier molecular flexibility index (Phi) is 14.9. The Hall–Kier alpha value is -0.300. The summed E-state index contributed by atoms with van der Waals surface area (Å²) in [6, 6.07) is 0. The summed E-state index contributed by atoms with van der Waals surface area (Å²) in [6.07, 6.45) is 29.0. The highest BCUT2D eigenvalue weighted by atomic mass is 16.5. The summed E-state index contributed by atoms with van der Waals surface area (Å²) in [5, 5.41) is 0. The minimum Gasteiger partial charge on any atom is -0.374 e. The van der Waals surface area contributed by atoms with Crippen LogP contribution in [0.1, 0.15) is 116 Å². The molecule has 0 spiro atoms. The number of unbranched alkanes of at least 4 members (excludes halogenated alkanes) is 14. The summed E-state index contributed by atoms with van der Waals surface area (Å²) in [5.74, 6) is 0. The van der Waals surface area contributed by atoms with E-state index in [0.717, 1.165) is 6.61 Å². The first-order chi connectivity index (χ1) is 11.4. The van der Waals surface area contributed by atoms with Crippen molar-refractivity contribution in [1.82, 2.24) is 0 Å². The molecule has 1 unspecified atom stereocenters. The Labute approximate surface area is 146 Å². The van der Waals surface area contributed by atoms with Crippen LogP contribution in [-0.4, -0.2) is 12.7 Å². The molecule has 1 rings (SSSR count). The Morgan fingerprint density at radius 1 is 0.739 bits per heavy atom. The van der Waals surface area contributed by atoms with Gasteiger partial charge in [0.1, 0.15) is 0 Å². The zero-order chi connectivity index (χ0) is 16.4. The van der Waals surface area contributed by atoms with Gasteiger partial charge in [-0.2, -0.15) is 0 Å². The van der Waals surface area contributed by atoms with Gasteiger partial charge in [-0.1, -0.05) is 103 Å². The molecule has 1 nitrogen and oxygen atoms in total. The minimum absolute atomic E-state index is 0.432. The summed E-state index contributed by atoms with van der Waals surface area (Å²) < 4.78 is 5.59. The van der Waals surface area contributed by atoms with E-state index in [1.807, 2.05) is 0 Å². The lowest BCUT2D eigenvalue weighted by Crippen LogP contribution is -1.98. The van der Waals surface area contributed by atoms with Crippen LogP contribution in [0.4, 0.5) is 0 Å².